The Kier molecular flexibility index (Phi) is 6.51. The fourth-order valence-corrected chi connectivity index (χ4v) is 3.95. The van der Waals surface area contributed by atoms with Crippen LogP contribution in [0.15, 0.2) is 59.8 Å². The topological polar surface area (TPSA) is 131 Å². The number of nitrogens with zero attached hydrogens (tertiary/aromatic N) is 3. The van der Waals surface area contributed by atoms with Crippen molar-refractivity contribution in [1.82, 2.24) is 20.0 Å². The molecule has 3 rings (SSSR count). The number of amides is 1. The minimum Gasteiger partial charge on any atom is -0.312 e. The van der Waals surface area contributed by atoms with E-state index >= 15 is 0 Å². The highest BCUT2D eigenvalue weighted by atomic mass is 32.2. The van der Waals surface area contributed by atoms with Gasteiger partial charge in [-0.3, -0.25) is 14.8 Å². The fraction of sp³-hybridized carbons (Fsp3) is 0.238. The number of sulfone groups is 1. The third-order valence-corrected chi connectivity index (χ3v) is 7.35. The Morgan fingerprint density at radius 2 is 1.78 bits per heavy atom. The van der Waals surface area contributed by atoms with Crippen molar-refractivity contribution in [1.29, 1.82) is 0 Å². The number of hydrogen-bond donors (Lipinski definition) is 2. The SMILES string of the molecule is C[C@@](CCn1cc(F)c(-c2ccc(-c3ncccn3)cc2)cc1=O)(C(=O)NO)S(C)(=O)=O. The fourth-order valence-electron chi connectivity index (χ4n) is 3.11. The van der Waals surface area contributed by atoms with Crippen LogP contribution in [0.25, 0.3) is 22.5 Å². The molecule has 32 heavy (non-hydrogen) atoms. The number of nitrogens with one attached hydrogen (secondary N) is 1. The molecule has 1 aromatic carbocycles. The third kappa shape index (κ3) is 4.58. The Hall–Kier alpha value is -3.44. The second kappa shape index (κ2) is 8.97. The molecule has 2 aromatic heterocycles. The van der Waals surface area contributed by atoms with Gasteiger partial charge in [0.05, 0.1) is 0 Å². The van der Waals surface area contributed by atoms with Crippen LogP contribution in [0, 0.1) is 5.82 Å². The maximum absolute atomic E-state index is 14.8. The Labute approximate surface area is 183 Å². The van der Waals surface area contributed by atoms with Crippen LogP contribution in [0.1, 0.15) is 13.3 Å². The van der Waals surface area contributed by atoms with Crippen molar-refractivity contribution in [3.05, 3.63) is 71.2 Å². The van der Waals surface area contributed by atoms with Crippen LogP contribution < -0.4 is 11.0 Å². The molecule has 0 aliphatic carbocycles. The molecule has 0 bridgehead atoms. The van der Waals surface area contributed by atoms with Crippen molar-refractivity contribution in [3.63, 3.8) is 0 Å². The molecule has 0 spiro atoms. The van der Waals surface area contributed by atoms with Crippen molar-refractivity contribution in [3.8, 4) is 22.5 Å². The number of rotatable bonds is 7. The van der Waals surface area contributed by atoms with E-state index in [1.54, 1.807) is 42.7 Å². The molecule has 1 amide bonds. The van der Waals surface area contributed by atoms with Gasteiger partial charge in [-0.2, -0.15) is 0 Å². The molecule has 168 valence electrons. The van der Waals surface area contributed by atoms with Crippen molar-refractivity contribution < 1.29 is 22.8 Å². The lowest BCUT2D eigenvalue weighted by molar-refractivity contribution is -0.131. The van der Waals surface area contributed by atoms with Crippen LogP contribution >= 0.6 is 0 Å². The highest BCUT2D eigenvalue weighted by Gasteiger charge is 2.43. The molecular formula is C21H21FN4O5S. The van der Waals surface area contributed by atoms with Crippen LogP contribution in [0.2, 0.25) is 0 Å². The first-order chi connectivity index (χ1) is 15.1. The van der Waals surface area contributed by atoms with E-state index in [0.717, 1.165) is 35.6 Å². The van der Waals surface area contributed by atoms with Gasteiger partial charge in [-0.15, -0.1) is 0 Å². The number of aryl methyl sites for hydroxylation is 1. The Morgan fingerprint density at radius 3 is 2.34 bits per heavy atom. The second-order valence-electron chi connectivity index (χ2n) is 7.41. The molecular weight excluding hydrogens is 439 g/mol. The Balaban J connectivity index is 1.87. The van der Waals surface area contributed by atoms with Gasteiger partial charge in [0.15, 0.2) is 20.4 Å². The summed E-state index contributed by atoms with van der Waals surface area (Å²) in [7, 11) is -3.94. The van der Waals surface area contributed by atoms with E-state index in [0.29, 0.717) is 11.4 Å². The van der Waals surface area contributed by atoms with E-state index in [4.69, 9.17) is 5.21 Å². The van der Waals surface area contributed by atoms with Crippen LogP contribution in [0.4, 0.5) is 4.39 Å². The normalized spacial score (nSPS) is 13.4. The summed E-state index contributed by atoms with van der Waals surface area (Å²) in [5, 5.41) is 8.88. The van der Waals surface area contributed by atoms with Crippen molar-refractivity contribution in [2.75, 3.05) is 6.26 Å². The van der Waals surface area contributed by atoms with E-state index < -0.39 is 31.9 Å². The van der Waals surface area contributed by atoms with Gasteiger partial charge in [0, 0.05) is 48.6 Å². The molecule has 2 N–H and O–H groups in total. The summed E-state index contributed by atoms with van der Waals surface area (Å²) in [6, 6.07) is 9.49. The molecule has 2 heterocycles. The monoisotopic (exact) mass is 460 g/mol. The maximum atomic E-state index is 14.8. The average molecular weight is 460 g/mol. The highest BCUT2D eigenvalue weighted by Crippen LogP contribution is 2.25. The molecule has 11 heteroatoms. The number of carbonyl (C=O) groups excluding carboxylic acids is 1. The van der Waals surface area contributed by atoms with E-state index in [2.05, 4.69) is 9.97 Å². The Morgan fingerprint density at radius 1 is 1.19 bits per heavy atom. The number of benzene rings is 1. The maximum Gasteiger partial charge on any atom is 0.264 e. The van der Waals surface area contributed by atoms with Gasteiger partial charge in [0.25, 0.3) is 11.5 Å². The predicted molar refractivity (Wildman–Crippen MR) is 115 cm³/mol. The molecule has 0 unspecified atom stereocenters. The zero-order chi connectivity index (χ0) is 23.5. The van der Waals surface area contributed by atoms with Crippen LogP contribution in [0.3, 0.4) is 0 Å². The molecule has 0 aliphatic heterocycles. The van der Waals surface area contributed by atoms with Gasteiger partial charge in [-0.05, 0) is 25.0 Å². The molecule has 0 saturated carbocycles. The van der Waals surface area contributed by atoms with Crippen LogP contribution in [0.5, 0.6) is 0 Å². The van der Waals surface area contributed by atoms with Gasteiger partial charge in [0.1, 0.15) is 5.82 Å². The lowest BCUT2D eigenvalue weighted by Crippen LogP contribution is -2.50. The third-order valence-electron chi connectivity index (χ3n) is 5.33. The summed E-state index contributed by atoms with van der Waals surface area (Å²) in [6.45, 7) is 0.874. The van der Waals surface area contributed by atoms with Gasteiger partial charge in [-0.1, -0.05) is 24.3 Å². The molecule has 1 atom stereocenters. The summed E-state index contributed by atoms with van der Waals surface area (Å²) >= 11 is 0. The second-order valence-corrected chi connectivity index (χ2v) is 9.86. The van der Waals surface area contributed by atoms with E-state index in [1.807, 2.05) is 0 Å². The zero-order valence-electron chi connectivity index (χ0n) is 17.3. The standard InChI is InChI=1S/C21H21FN4O5S/c1-21(20(28)25-29,32(2,30)31)8-11-26-13-17(22)16(12-18(26)27)14-4-6-15(7-5-14)19-23-9-3-10-24-19/h3-7,9-10,12-13,29H,8,11H2,1-2H3,(H,25,28)/t21-/m1/s1. The molecule has 3 aromatic rings. The van der Waals surface area contributed by atoms with Gasteiger partial charge in [0.2, 0.25) is 0 Å². The van der Waals surface area contributed by atoms with E-state index in [-0.39, 0.29) is 18.5 Å². The molecule has 0 saturated heterocycles. The summed E-state index contributed by atoms with van der Waals surface area (Å²) in [4.78, 5) is 32.7. The lowest BCUT2D eigenvalue weighted by atomic mass is 10.0. The van der Waals surface area contributed by atoms with Gasteiger partial charge < -0.3 is 4.57 Å². The molecule has 9 nitrogen and oxygen atoms in total. The summed E-state index contributed by atoms with van der Waals surface area (Å²) in [5.41, 5.74) is 2.03. The molecule has 0 radical (unpaired) electrons. The summed E-state index contributed by atoms with van der Waals surface area (Å²) in [6.07, 6.45) is 4.68. The Bertz CT molecular complexity index is 1290. The van der Waals surface area contributed by atoms with Crippen molar-refractivity contribution >= 4 is 15.7 Å². The zero-order valence-corrected chi connectivity index (χ0v) is 18.1. The molecule has 0 aliphatic rings. The largest absolute Gasteiger partial charge is 0.312 e. The summed E-state index contributed by atoms with van der Waals surface area (Å²) < 4.78 is 37.9. The van der Waals surface area contributed by atoms with E-state index in [9.17, 15) is 22.4 Å². The quantitative estimate of drug-likeness (QED) is 0.406. The number of hydrogen-bond acceptors (Lipinski definition) is 7. The minimum atomic E-state index is -3.94. The first-order valence-electron chi connectivity index (χ1n) is 9.49. The first kappa shape index (κ1) is 23.2. The minimum absolute atomic E-state index is 0.0748. The van der Waals surface area contributed by atoms with Crippen LogP contribution in [-0.4, -0.2) is 45.1 Å². The molecule has 0 fully saturated rings. The first-order valence-corrected chi connectivity index (χ1v) is 11.4. The average Bonchev–Trinajstić information content (AvgIpc) is 2.78. The number of halogens is 1. The van der Waals surface area contributed by atoms with Gasteiger partial charge >= 0.3 is 0 Å². The highest BCUT2D eigenvalue weighted by molar-refractivity contribution is 7.92. The van der Waals surface area contributed by atoms with Crippen LogP contribution in [-0.2, 0) is 21.2 Å². The lowest BCUT2D eigenvalue weighted by Gasteiger charge is -2.25. The van der Waals surface area contributed by atoms with Crippen molar-refractivity contribution in [2.24, 2.45) is 0 Å². The number of pyridine rings is 1. The summed E-state index contributed by atoms with van der Waals surface area (Å²) in [5.74, 6) is -1.32. The smallest absolute Gasteiger partial charge is 0.264 e. The number of hydroxylamine groups is 1. The van der Waals surface area contributed by atoms with E-state index in [1.165, 1.54) is 5.48 Å². The van der Waals surface area contributed by atoms with Crippen molar-refractivity contribution in [2.45, 2.75) is 24.6 Å². The van der Waals surface area contributed by atoms with Gasteiger partial charge in [-0.25, -0.2) is 28.3 Å². The number of aromatic nitrogens is 3. The number of carbonyl (C=O) groups is 1. The predicted octanol–water partition coefficient (Wildman–Crippen LogP) is 1.81.